The summed E-state index contributed by atoms with van der Waals surface area (Å²) in [5.41, 5.74) is 3.89. The summed E-state index contributed by atoms with van der Waals surface area (Å²) in [4.78, 5) is 78.7. The fourth-order valence-electron chi connectivity index (χ4n) is 6.91. The van der Waals surface area contributed by atoms with E-state index < -0.39 is 41.6 Å². The molecule has 2 bridgehead atoms. The number of amides is 6. The number of carbonyl (C=O) groups excluding carboxylic acids is 6. The quantitative estimate of drug-likeness (QED) is 0.0447. The SMILES string of the molecule is CCOC(C)SCC(=O)NCC(CCC(=O)NCc1ccc(CNC(=O)C2Cc3ccc(cc3)OCCCC(C(=O)NO)[C@@H](CC(C)C)C(=O)N2)cc1)NC(=O)CSC(C)OCC. The Hall–Kier alpha value is -4.36. The smallest absolute Gasteiger partial charge is 0.247 e. The normalized spacial score (nSPS) is 18.2. The first kappa shape index (κ1) is 53.0. The van der Waals surface area contributed by atoms with Gasteiger partial charge in [-0.15, -0.1) is 23.5 Å². The first-order valence-corrected chi connectivity index (χ1v) is 23.9. The highest BCUT2D eigenvalue weighted by Gasteiger charge is 2.36. The lowest BCUT2D eigenvalue weighted by Gasteiger charge is -2.29. The van der Waals surface area contributed by atoms with Crippen molar-refractivity contribution in [3.63, 3.8) is 0 Å². The molecule has 6 atom stereocenters. The van der Waals surface area contributed by atoms with E-state index >= 15 is 0 Å². The van der Waals surface area contributed by atoms with E-state index in [0.29, 0.717) is 51.3 Å². The van der Waals surface area contributed by atoms with Gasteiger partial charge >= 0.3 is 0 Å². The minimum absolute atomic E-state index is 0.0622. The summed E-state index contributed by atoms with van der Waals surface area (Å²) in [6.45, 7) is 13.5. The molecule has 63 heavy (non-hydrogen) atoms. The van der Waals surface area contributed by atoms with Gasteiger partial charge in [-0.1, -0.05) is 50.2 Å². The first-order chi connectivity index (χ1) is 30.2. The van der Waals surface area contributed by atoms with E-state index in [2.05, 4.69) is 26.6 Å². The van der Waals surface area contributed by atoms with Gasteiger partial charge in [0.15, 0.2) is 0 Å². The minimum Gasteiger partial charge on any atom is -0.494 e. The second-order valence-electron chi connectivity index (χ2n) is 15.8. The van der Waals surface area contributed by atoms with Crippen LogP contribution in [0.15, 0.2) is 48.5 Å². The Labute approximate surface area is 380 Å². The van der Waals surface area contributed by atoms with Gasteiger partial charge in [-0.3, -0.25) is 34.0 Å². The number of ether oxygens (including phenoxy) is 3. The van der Waals surface area contributed by atoms with Gasteiger partial charge < -0.3 is 40.8 Å². The molecule has 0 spiro atoms. The molecule has 5 unspecified atom stereocenters. The molecule has 0 radical (unpaired) electrons. The van der Waals surface area contributed by atoms with Crippen LogP contribution in [0.5, 0.6) is 5.75 Å². The van der Waals surface area contributed by atoms with E-state index in [1.54, 1.807) is 17.6 Å². The molecule has 7 N–H and O–H groups in total. The lowest BCUT2D eigenvalue weighted by molar-refractivity contribution is -0.142. The van der Waals surface area contributed by atoms with Gasteiger partial charge in [0.2, 0.25) is 35.4 Å². The number of rotatable bonds is 24. The van der Waals surface area contributed by atoms with Crippen molar-refractivity contribution in [1.82, 2.24) is 32.1 Å². The molecular weight excluding hydrogens is 849 g/mol. The number of hydroxylamine groups is 1. The van der Waals surface area contributed by atoms with Crippen LogP contribution in [-0.2, 0) is 57.8 Å². The molecule has 0 aromatic heterocycles. The molecule has 0 saturated carbocycles. The summed E-state index contributed by atoms with van der Waals surface area (Å²) in [5, 5.41) is 24.1. The maximum absolute atomic E-state index is 13.9. The standard InChI is InChI=1S/C45H68N6O10S2/c1-7-59-30(5)62-27-41(53)47-26-35(49-42(54)28-63-31(6)60-8-2)17-20-40(52)46-24-33-11-13-34(14-12-33)25-48-45(57)39-23-32-15-18-36(19-16-32)61-21-9-10-37(44(56)51-58)38(22-29(3)4)43(55)50-39/h11-16,18-19,29-31,35,37-39,58H,7-10,17,20-28H2,1-6H3,(H,46,52)(H,47,53)(H,48,57)(H,49,54)(H,50,55)(H,51,56)/t30?,31?,35?,37?,38-,39?/m1/s1. The van der Waals surface area contributed by atoms with Crippen molar-refractivity contribution in [3.05, 3.63) is 65.2 Å². The highest BCUT2D eigenvalue weighted by molar-refractivity contribution is 8.00. The Balaban J connectivity index is 1.58. The number of hydrogen-bond donors (Lipinski definition) is 7. The Morgan fingerprint density at radius 3 is 2.00 bits per heavy atom. The predicted molar refractivity (Wildman–Crippen MR) is 245 cm³/mol. The minimum atomic E-state index is -0.949. The van der Waals surface area contributed by atoms with E-state index in [4.69, 9.17) is 14.2 Å². The fraction of sp³-hybridized carbons (Fsp3) is 0.600. The number of nitrogens with one attached hydrogen (secondary N) is 6. The van der Waals surface area contributed by atoms with E-state index in [-0.39, 0.29) is 78.5 Å². The zero-order chi connectivity index (χ0) is 46.1. The van der Waals surface area contributed by atoms with Gasteiger partial charge in [0.1, 0.15) is 22.7 Å². The highest BCUT2D eigenvalue weighted by Crippen LogP contribution is 2.27. The van der Waals surface area contributed by atoms with Gasteiger partial charge in [-0.2, -0.15) is 0 Å². The van der Waals surface area contributed by atoms with E-state index in [1.165, 1.54) is 23.5 Å². The van der Waals surface area contributed by atoms with E-state index in [9.17, 15) is 34.0 Å². The Morgan fingerprint density at radius 2 is 1.41 bits per heavy atom. The van der Waals surface area contributed by atoms with Crippen LogP contribution >= 0.6 is 23.5 Å². The summed E-state index contributed by atoms with van der Waals surface area (Å²) in [6.07, 6.45) is 1.78. The number of thioether (sulfide) groups is 2. The topological polar surface area (TPSA) is 223 Å². The second kappa shape index (κ2) is 29.2. The number of fused-ring (bicyclic) bond motifs is 11. The molecule has 2 aromatic carbocycles. The van der Waals surface area contributed by atoms with Gasteiger partial charge in [-0.25, -0.2) is 5.48 Å². The summed E-state index contributed by atoms with van der Waals surface area (Å²) in [5.74, 6) is -2.64. The van der Waals surface area contributed by atoms with Crippen molar-refractivity contribution >= 4 is 59.0 Å². The molecular formula is C45H68N6O10S2. The van der Waals surface area contributed by atoms with Crippen LogP contribution in [-0.4, -0.2) is 101 Å². The molecule has 2 aliphatic heterocycles. The van der Waals surface area contributed by atoms with E-state index in [0.717, 1.165) is 16.7 Å². The molecule has 2 heterocycles. The van der Waals surface area contributed by atoms with Crippen molar-refractivity contribution in [2.45, 2.75) is 116 Å². The van der Waals surface area contributed by atoms with Crippen molar-refractivity contribution < 1.29 is 48.2 Å². The van der Waals surface area contributed by atoms with Crippen molar-refractivity contribution in [1.29, 1.82) is 0 Å². The van der Waals surface area contributed by atoms with Gasteiger partial charge in [-0.05, 0) is 88.1 Å². The largest absolute Gasteiger partial charge is 0.494 e. The average Bonchev–Trinajstić information content (AvgIpc) is 3.26. The molecule has 4 rings (SSSR count). The van der Waals surface area contributed by atoms with Crippen LogP contribution in [0.4, 0.5) is 0 Å². The predicted octanol–water partition coefficient (Wildman–Crippen LogP) is 4.22. The lowest BCUT2D eigenvalue weighted by atomic mass is 9.81. The molecule has 0 saturated heterocycles. The van der Waals surface area contributed by atoms with Gasteiger partial charge in [0.25, 0.3) is 0 Å². The third-order valence-electron chi connectivity index (χ3n) is 10.2. The van der Waals surface area contributed by atoms with Crippen LogP contribution in [0, 0.1) is 17.8 Å². The van der Waals surface area contributed by atoms with Crippen molar-refractivity contribution in [2.75, 3.05) is 37.9 Å². The third kappa shape index (κ3) is 20.8. The maximum atomic E-state index is 13.9. The Morgan fingerprint density at radius 1 is 0.810 bits per heavy atom. The maximum Gasteiger partial charge on any atom is 0.247 e. The molecule has 2 aliphatic rings. The van der Waals surface area contributed by atoms with Crippen LogP contribution in [0.2, 0.25) is 0 Å². The summed E-state index contributed by atoms with van der Waals surface area (Å²) in [6, 6.07) is 13.3. The Kier molecular flexibility index (Phi) is 24.5. The van der Waals surface area contributed by atoms with Crippen LogP contribution in [0.1, 0.15) is 90.3 Å². The fourth-order valence-corrected chi connectivity index (χ4v) is 8.34. The number of hydrogen-bond acceptors (Lipinski definition) is 12. The highest BCUT2D eigenvalue weighted by atomic mass is 32.2. The third-order valence-corrected chi connectivity index (χ3v) is 12.3. The summed E-state index contributed by atoms with van der Waals surface area (Å²) < 4.78 is 16.8. The number of benzene rings is 2. The zero-order valence-electron chi connectivity index (χ0n) is 37.5. The summed E-state index contributed by atoms with van der Waals surface area (Å²) in [7, 11) is 0. The van der Waals surface area contributed by atoms with E-state index in [1.807, 2.05) is 77.9 Å². The molecule has 6 amide bonds. The molecule has 0 aliphatic carbocycles. The second-order valence-corrected chi connectivity index (χ2v) is 18.4. The zero-order valence-corrected chi connectivity index (χ0v) is 39.1. The van der Waals surface area contributed by atoms with Crippen molar-refractivity contribution in [2.24, 2.45) is 17.8 Å². The Bertz CT molecular complexity index is 1740. The summed E-state index contributed by atoms with van der Waals surface area (Å²) >= 11 is 2.74. The molecule has 18 heteroatoms. The van der Waals surface area contributed by atoms with Gasteiger partial charge in [0, 0.05) is 57.6 Å². The van der Waals surface area contributed by atoms with Crippen LogP contribution < -0.4 is 36.8 Å². The number of carbonyl (C=O) groups is 6. The molecule has 0 fully saturated rings. The van der Waals surface area contributed by atoms with Crippen LogP contribution in [0.3, 0.4) is 0 Å². The van der Waals surface area contributed by atoms with Crippen LogP contribution in [0.25, 0.3) is 0 Å². The lowest BCUT2D eigenvalue weighted by Crippen LogP contribution is -2.51. The first-order valence-electron chi connectivity index (χ1n) is 21.8. The average molecular weight is 917 g/mol. The monoisotopic (exact) mass is 916 g/mol. The molecule has 350 valence electrons. The molecule has 2 aromatic rings. The van der Waals surface area contributed by atoms with Gasteiger partial charge in [0.05, 0.1) is 24.0 Å². The molecule has 16 nitrogen and oxygen atoms in total. The van der Waals surface area contributed by atoms with Crippen molar-refractivity contribution in [3.8, 4) is 5.75 Å².